The van der Waals surface area contributed by atoms with Crippen molar-refractivity contribution < 1.29 is 9.59 Å². The first-order valence-electron chi connectivity index (χ1n) is 5.65. The van der Waals surface area contributed by atoms with E-state index < -0.39 is 0 Å². The van der Waals surface area contributed by atoms with Crippen molar-refractivity contribution in [2.45, 2.75) is 25.9 Å². The summed E-state index contributed by atoms with van der Waals surface area (Å²) in [6.07, 6.45) is 2.19. The van der Waals surface area contributed by atoms with Crippen molar-refractivity contribution in [1.29, 1.82) is 0 Å². The maximum absolute atomic E-state index is 11.7. The molecular weight excluding hydrogens is 256 g/mol. The van der Waals surface area contributed by atoms with Crippen molar-refractivity contribution in [1.82, 2.24) is 20.2 Å². The van der Waals surface area contributed by atoms with E-state index in [1.165, 1.54) is 0 Å². The number of nitrogens with one attached hydrogen (secondary N) is 1. The zero-order valence-corrected chi connectivity index (χ0v) is 10.6. The maximum Gasteiger partial charge on any atom is 0.243 e. The Kier molecular flexibility index (Phi) is 3.88. The van der Waals surface area contributed by atoms with Gasteiger partial charge in [-0.25, -0.2) is 9.97 Å². The highest BCUT2D eigenvalue weighted by Crippen LogP contribution is 2.13. The Hall–Kier alpha value is -1.53. The normalized spacial score (nSPS) is 20.9. The van der Waals surface area contributed by atoms with E-state index in [0.717, 1.165) is 0 Å². The van der Waals surface area contributed by atoms with E-state index in [1.807, 2.05) is 6.92 Å². The van der Waals surface area contributed by atoms with Crippen LogP contribution in [0.5, 0.6) is 0 Å². The molecule has 1 unspecified atom stereocenters. The monoisotopic (exact) mass is 268 g/mol. The van der Waals surface area contributed by atoms with Crippen LogP contribution in [0.15, 0.2) is 12.3 Å². The zero-order valence-electron chi connectivity index (χ0n) is 9.89. The minimum Gasteiger partial charge on any atom is -0.294 e. The number of aromatic nitrogens is 2. The average molecular weight is 269 g/mol. The van der Waals surface area contributed by atoms with Gasteiger partial charge in [-0.05, 0) is 24.1 Å². The minimum atomic E-state index is -0.309. The smallest absolute Gasteiger partial charge is 0.243 e. The van der Waals surface area contributed by atoms with E-state index in [4.69, 9.17) is 11.6 Å². The van der Waals surface area contributed by atoms with Gasteiger partial charge in [0.15, 0.2) is 0 Å². The molecule has 0 saturated carbocycles. The summed E-state index contributed by atoms with van der Waals surface area (Å²) in [5.74, 6) is -0.543. The number of carbonyl (C=O) groups excluding carboxylic acids is 2. The number of rotatable bonds is 3. The van der Waals surface area contributed by atoms with E-state index in [9.17, 15) is 9.59 Å². The summed E-state index contributed by atoms with van der Waals surface area (Å²) in [5, 5.41) is 2.49. The van der Waals surface area contributed by atoms with Crippen molar-refractivity contribution in [2.75, 3.05) is 6.54 Å². The Morgan fingerprint density at radius 1 is 1.56 bits per heavy atom. The van der Waals surface area contributed by atoms with Crippen LogP contribution in [-0.2, 0) is 16.1 Å². The topological polar surface area (TPSA) is 75.2 Å². The summed E-state index contributed by atoms with van der Waals surface area (Å²) in [4.78, 5) is 32.7. The quantitative estimate of drug-likeness (QED) is 0.633. The highest BCUT2D eigenvalue weighted by atomic mass is 35.5. The predicted molar refractivity (Wildman–Crippen MR) is 64.7 cm³/mol. The number of halogens is 1. The zero-order chi connectivity index (χ0) is 13.1. The first-order valence-corrected chi connectivity index (χ1v) is 6.03. The number of amides is 2. The van der Waals surface area contributed by atoms with E-state index >= 15 is 0 Å². The number of hydrogen-bond acceptors (Lipinski definition) is 5. The summed E-state index contributed by atoms with van der Waals surface area (Å²) in [5.41, 5.74) is 0.691. The SMILES string of the molecule is CCC1C(=O)NC(=O)CN1Cc1ccnc(Cl)n1. The van der Waals surface area contributed by atoms with Crippen LogP contribution in [0.1, 0.15) is 19.0 Å². The third kappa shape index (κ3) is 2.83. The second kappa shape index (κ2) is 5.41. The molecule has 0 spiro atoms. The number of carbonyl (C=O) groups is 2. The van der Waals surface area contributed by atoms with Crippen LogP contribution in [-0.4, -0.2) is 39.3 Å². The largest absolute Gasteiger partial charge is 0.294 e. The molecule has 1 fully saturated rings. The van der Waals surface area contributed by atoms with Crippen LogP contribution in [0.3, 0.4) is 0 Å². The second-order valence-corrected chi connectivity index (χ2v) is 4.40. The molecule has 0 aliphatic carbocycles. The molecule has 18 heavy (non-hydrogen) atoms. The summed E-state index contributed by atoms with van der Waals surface area (Å²) in [7, 11) is 0. The lowest BCUT2D eigenvalue weighted by molar-refractivity contribution is -0.140. The molecule has 0 aromatic carbocycles. The van der Waals surface area contributed by atoms with Gasteiger partial charge in [-0.2, -0.15) is 0 Å². The molecule has 2 rings (SSSR count). The molecule has 96 valence electrons. The Labute approximate surface area is 109 Å². The standard InChI is InChI=1S/C11H13ClN4O2/c1-2-8-10(18)15-9(17)6-16(8)5-7-3-4-13-11(12)14-7/h3-4,8H,2,5-6H2,1H3,(H,15,17,18). The molecule has 1 atom stereocenters. The first-order chi connectivity index (χ1) is 8.60. The van der Waals surface area contributed by atoms with Crippen LogP contribution in [0.4, 0.5) is 0 Å². The van der Waals surface area contributed by atoms with Gasteiger partial charge in [0.25, 0.3) is 0 Å². The van der Waals surface area contributed by atoms with Crippen molar-refractivity contribution in [3.8, 4) is 0 Å². The van der Waals surface area contributed by atoms with Gasteiger partial charge in [-0.15, -0.1) is 0 Å². The minimum absolute atomic E-state index is 0.160. The Balaban J connectivity index is 2.15. The van der Waals surface area contributed by atoms with Gasteiger partial charge in [0, 0.05) is 12.7 Å². The fourth-order valence-electron chi connectivity index (χ4n) is 2.00. The number of hydrogen-bond donors (Lipinski definition) is 1. The number of imide groups is 1. The molecule has 6 nitrogen and oxygen atoms in total. The summed E-state index contributed by atoms with van der Waals surface area (Å²) in [6, 6.07) is 1.41. The second-order valence-electron chi connectivity index (χ2n) is 4.06. The van der Waals surface area contributed by atoms with Gasteiger partial charge in [-0.3, -0.25) is 19.8 Å². The van der Waals surface area contributed by atoms with Crippen LogP contribution in [0.2, 0.25) is 5.28 Å². The Bertz CT molecular complexity index is 480. The van der Waals surface area contributed by atoms with Gasteiger partial charge < -0.3 is 0 Å². The lowest BCUT2D eigenvalue weighted by atomic mass is 10.1. The van der Waals surface area contributed by atoms with Gasteiger partial charge in [0.2, 0.25) is 17.1 Å². The fraction of sp³-hybridized carbons (Fsp3) is 0.455. The lowest BCUT2D eigenvalue weighted by Gasteiger charge is -2.32. The van der Waals surface area contributed by atoms with Gasteiger partial charge >= 0.3 is 0 Å². The summed E-state index contributed by atoms with van der Waals surface area (Å²) >= 11 is 5.70. The van der Waals surface area contributed by atoms with Gasteiger partial charge in [-0.1, -0.05) is 6.92 Å². The maximum atomic E-state index is 11.7. The van der Waals surface area contributed by atoms with E-state index in [1.54, 1.807) is 17.2 Å². The fourth-order valence-corrected chi connectivity index (χ4v) is 2.16. The first kappa shape index (κ1) is 12.9. The predicted octanol–water partition coefficient (Wildman–Crippen LogP) is 0.367. The van der Waals surface area contributed by atoms with Crippen molar-refractivity contribution in [3.05, 3.63) is 23.2 Å². The molecule has 1 aliphatic heterocycles. The average Bonchev–Trinajstić information content (AvgIpc) is 2.28. The Morgan fingerprint density at radius 2 is 2.33 bits per heavy atom. The molecular formula is C11H13ClN4O2. The van der Waals surface area contributed by atoms with Gasteiger partial charge in [0.1, 0.15) is 0 Å². The van der Waals surface area contributed by atoms with Crippen LogP contribution < -0.4 is 5.32 Å². The third-order valence-corrected chi connectivity index (χ3v) is 2.97. The molecule has 1 aromatic heterocycles. The number of nitrogens with zero attached hydrogens (tertiary/aromatic N) is 3. The van der Waals surface area contributed by atoms with Gasteiger partial charge in [0.05, 0.1) is 18.3 Å². The molecule has 1 saturated heterocycles. The van der Waals surface area contributed by atoms with Crippen LogP contribution in [0, 0.1) is 0 Å². The lowest BCUT2D eigenvalue weighted by Crippen LogP contribution is -2.57. The molecule has 2 heterocycles. The Morgan fingerprint density at radius 3 is 3.00 bits per heavy atom. The van der Waals surface area contributed by atoms with E-state index in [0.29, 0.717) is 18.7 Å². The molecule has 1 N–H and O–H groups in total. The molecule has 7 heteroatoms. The van der Waals surface area contributed by atoms with E-state index in [2.05, 4.69) is 15.3 Å². The molecule has 1 aromatic rings. The molecule has 2 amide bonds. The highest BCUT2D eigenvalue weighted by molar-refractivity contribution is 6.28. The van der Waals surface area contributed by atoms with Crippen molar-refractivity contribution in [3.63, 3.8) is 0 Å². The molecule has 0 bridgehead atoms. The summed E-state index contributed by atoms with van der Waals surface area (Å²) < 4.78 is 0. The van der Waals surface area contributed by atoms with Crippen LogP contribution >= 0.6 is 11.6 Å². The van der Waals surface area contributed by atoms with Crippen molar-refractivity contribution in [2.24, 2.45) is 0 Å². The number of piperazine rings is 1. The van der Waals surface area contributed by atoms with E-state index in [-0.39, 0.29) is 29.7 Å². The molecule has 0 radical (unpaired) electrons. The highest BCUT2D eigenvalue weighted by Gasteiger charge is 2.32. The van der Waals surface area contributed by atoms with Crippen molar-refractivity contribution >= 4 is 23.4 Å². The summed E-state index contributed by atoms with van der Waals surface area (Å²) in [6.45, 7) is 2.49. The van der Waals surface area contributed by atoms with Crippen LogP contribution in [0.25, 0.3) is 0 Å². The molecule has 1 aliphatic rings. The third-order valence-electron chi connectivity index (χ3n) is 2.79.